The topological polar surface area (TPSA) is 66.4 Å². The summed E-state index contributed by atoms with van der Waals surface area (Å²) in [6, 6.07) is 17.1. The average Bonchev–Trinajstić information content (AvgIpc) is 3.33. The Bertz CT molecular complexity index is 1350. The standard InChI is InChI=1S/C25H19Cl3N4O2S/c1-31(13-11-18-4-2-3-12-29-18)24(34)22-15-35-25(30-22)32(19-8-5-16(26)6-9-19)23(33)20-10-7-17(27)14-21(20)28/h2-10,12,14-15H,11,13H2,1H3. The fourth-order valence-corrected chi connectivity index (χ4v) is 4.71. The Hall–Kier alpha value is -2.97. The molecule has 0 saturated carbocycles. The number of aromatic nitrogens is 2. The Labute approximate surface area is 221 Å². The van der Waals surface area contributed by atoms with E-state index < -0.39 is 5.91 Å². The number of carbonyl (C=O) groups excluding carboxylic acids is 2. The van der Waals surface area contributed by atoms with Gasteiger partial charge in [0, 0.05) is 47.3 Å². The molecule has 4 rings (SSSR count). The zero-order valence-electron chi connectivity index (χ0n) is 18.5. The molecule has 0 saturated heterocycles. The van der Waals surface area contributed by atoms with E-state index in [1.807, 2.05) is 18.2 Å². The Balaban J connectivity index is 1.61. The van der Waals surface area contributed by atoms with Crippen molar-refractivity contribution in [2.24, 2.45) is 0 Å². The molecule has 0 bridgehead atoms. The Morgan fingerprint density at radius 1 is 0.943 bits per heavy atom. The average molecular weight is 546 g/mol. The van der Waals surface area contributed by atoms with E-state index >= 15 is 0 Å². The number of hydrogen-bond donors (Lipinski definition) is 0. The van der Waals surface area contributed by atoms with E-state index in [-0.39, 0.29) is 22.2 Å². The fraction of sp³-hybridized carbons (Fsp3) is 0.120. The van der Waals surface area contributed by atoms with Gasteiger partial charge in [-0.15, -0.1) is 11.3 Å². The van der Waals surface area contributed by atoms with Gasteiger partial charge in [-0.1, -0.05) is 40.9 Å². The molecule has 2 aromatic carbocycles. The molecular weight excluding hydrogens is 527 g/mol. The normalized spacial score (nSPS) is 10.7. The van der Waals surface area contributed by atoms with E-state index in [0.29, 0.717) is 33.8 Å². The van der Waals surface area contributed by atoms with Gasteiger partial charge in [-0.3, -0.25) is 19.5 Å². The lowest BCUT2D eigenvalue weighted by molar-refractivity contribution is 0.0791. The van der Waals surface area contributed by atoms with Gasteiger partial charge < -0.3 is 4.90 Å². The van der Waals surface area contributed by atoms with Gasteiger partial charge in [0.05, 0.1) is 16.3 Å². The SMILES string of the molecule is CN(CCc1ccccn1)C(=O)c1csc(N(C(=O)c2ccc(Cl)cc2Cl)c2ccc(Cl)cc2)n1. The summed E-state index contributed by atoms with van der Waals surface area (Å²) in [4.78, 5) is 38.3. The van der Waals surface area contributed by atoms with Crippen LogP contribution in [0.4, 0.5) is 10.8 Å². The second kappa shape index (κ2) is 11.2. The maximum atomic E-state index is 13.6. The Morgan fingerprint density at radius 3 is 2.37 bits per heavy atom. The molecule has 0 atom stereocenters. The van der Waals surface area contributed by atoms with Gasteiger partial charge in [0.1, 0.15) is 5.69 Å². The molecule has 0 unspecified atom stereocenters. The van der Waals surface area contributed by atoms with Crippen molar-refractivity contribution in [3.63, 3.8) is 0 Å². The second-order valence-electron chi connectivity index (χ2n) is 7.55. The van der Waals surface area contributed by atoms with Crippen molar-refractivity contribution < 1.29 is 9.59 Å². The molecule has 35 heavy (non-hydrogen) atoms. The summed E-state index contributed by atoms with van der Waals surface area (Å²) in [7, 11) is 1.71. The predicted molar refractivity (Wildman–Crippen MR) is 141 cm³/mol. The monoisotopic (exact) mass is 544 g/mol. The fourth-order valence-electron chi connectivity index (χ4n) is 3.28. The molecule has 0 N–H and O–H groups in total. The van der Waals surface area contributed by atoms with E-state index in [0.717, 1.165) is 5.69 Å². The van der Waals surface area contributed by atoms with E-state index in [9.17, 15) is 9.59 Å². The van der Waals surface area contributed by atoms with E-state index in [1.165, 1.54) is 22.3 Å². The lowest BCUT2D eigenvalue weighted by Gasteiger charge is -2.21. The summed E-state index contributed by atoms with van der Waals surface area (Å²) in [6.45, 7) is 0.475. The van der Waals surface area contributed by atoms with Gasteiger partial charge in [0.2, 0.25) is 0 Å². The highest BCUT2D eigenvalue weighted by molar-refractivity contribution is 7.14. The first kappa shape index (κ1) is 25.1. The van der Waals surface area contributed by atoms with Gasteiger partial charge in [-0.25, -0.2) is 4.98 Å². The van der Waals surface area contributed by atoms with Crippen LogP contribution in [0.25, 0.3) is 0 Å². The predicted octanol–water partition coefficient (Wildman–Crippen LogP) is 6.79. The number of likely N-dealkylation sites (N-methyl/N-ethyl adjacent to an activating group) is 1. The van der Waals surface area contributed by atoms with Crippen LogP contribution in [0.3, 0.4) is 0 Å². The molecule has 2 amide bonds. The van der Waals surface area contributed by atoms with Gasteiger partial charge in [-0.05, 0) is 54.6 Å². The van der Waals surface area contributed by atoms with Crippen LogP contribution in [0.5, 0.6) is 0 Å². The number of nitrogens with zero attached hydrogens (tertiary/aromatic N) is 4. The van der Waals surface area contributed by atoms with Crippen molar-refractivity contribution in [3.05, 3.63) is 104 Å². The van der Waals surface area contributed by atoms with E-state index in [2.05, 4.69) is 9.97 Å². The van der Waals surface area contributed by atoms with Crippen molar-refractivity contribution >= 4 is 68.8 Å². The quantitative estimate of drug-likeness (QED) is 0.256. The van der Waals surface area contributed by atoms with Gasteiger partial charge in [-0.2, -0.15) is 0 Å². The molecule has 0 aliphatic heterocycles. The summed E-state index contributed by atoms with van der Waals surface area (Å²) < 4.78 is 0. The number of anilines is 2. The van der Waals surface area contributed by atoms with Crippen LogP contribution in [0.1, 0.15) is 26.5 Å². The molecule has 0 radical (unpaired) electrons. The van der Waals surface area contributed by atoms with Crippen molar-refractivity contribution in [2.45, 2.75) is 6.42 Å². The van der Waals surface area contributed by atoms with E-state index in [1.54, 1.807) is 59.9 Å². The van der Waals surface area contributed by atoms with Crippen LogP contribution in [-0.2, 0) is 6.42 Å². The summed E-state index contributed by atoms with van der Waals surface area (Å²) >= 11 is 19.6. The molecule has 2 heterocycles. The number of thiazole rings is 1. The Kier molecular flexibility index (Phi) is 8.03. The minimum Gasteiger partial charge on any atom is -0.340 e. The molecule has 6 nitrogen and oxygen atoms in total. The van der Waals surface area contributed by atoms with Crippen LogP contribution in [-0.4, -0.2) is 40.3 Å². The highest BCUT2D eigenvalue weighted by atomic mass is 35.5. The molecule has 10 heteroatoms. The summed E-state index contributed by atoms with van der Waals surface area (Å²) in [5.41, 5.74) is 1.91. The van der Waals surface area contributed by atoms with Crippen LogP contribution in [0.15, 0.2) is 72.2 Å². The maximum absolute atomic E-state index is 13.6. The van der Waals surface area contributed by atoms with Gasteiger partial charge in [0.25, 0.3) is 11.8 Å². The van der Waals surface area contributed by atoms with Crippen LogP contribution in [0, 0.1) is 0 Å². The molecule has 0 spiro atoms. The number of pyridine rings is 1. The largest absolute Gasteiger partial charge is 0.340 e. The van der Waals surface area contributed by atoms with Crippen LogP contribution < -0.4 is 4.90 Å². The van der Waals surface area contributed by atoms with Gasteiger partial charge >= 0.3 is 0 Å². The minimum absolute atomic E-state index is 0.212. The van der Waals surface area contributed by atoms with Crippen molar-refractivity contribution in [2.75, 3.05) is 18.5 Å². The zero-order valence-corrected chi connectivity index (χ0v) is 21.6. The van der Waals surface area contributed by atoms with Crippen LogP contribution in [0.2, 0.25) is 15.1 Å². The summed E-state index contributed by atoms with van der Waals surface area (Å²) in [6.07, 6.45) is 2.34. The number of carbonyl (C=O) groups is 2. The maximum Gasteiger partial charge on any atom is 0.273 e. The third-order valence-corrected chi connectivity index (χ3v) is 6.75. The first-order valence-corrected chi connectivity index (χ1v) is 12.5. The third-order valence-electron chi connectivity index (χ3n) is 5.13. The number of rotatable bonds is 7. The van der Waals surface area contributed by atoms with Crippen molar-refractivity contribution in [1.29, 1.82) is 0 Å². The molecule has 4 aromatic rings. The zero-order chi connectivity index (χ0) is 24.9. The molecule has 2 aromatic heterocycles. The van der Waals surface area contributed by atoms with Crippen molar-refractivity contribution in [3.8, 4) is 0 Å². The first-order valence-electron chi connectivity index (χ1n) is 10.5. The lowest BCUT2D eigenvalue weighted by Crippen LogP contribution is -2.30. The third kappa shape index (κ3) is 6.00. The molecule has 0 fully saturated rings. The summed E-state index contributed by atoms with van der Waals surface area (Å²) in [5, 5.41) is 3.11. The second-order valence-corrected chi connectivity index (χ2v) is 9.67. The Morgan fingerprint density at radius 2 is 1.69 bits per heavy atom. The molecule has 178 valence electrons. The number of benzene rings is 2. The highest BCUT2D eigenvalue weighted by Gasteiger charge is 2.26. The van der Waals surface area contributed by atoms with Crippen LogP contribution >= 0.6 is 46.1 Å². The van der Waals surface area contributed by atoms with E-state index in [4.69, 9.17) is 34.8 Å². The molecule has 0 aliphatic rings. The van der Waals surface area contributed by atoms with Gasteiger partial charge in [0.15, 0.2) is 5.13 Å². The first-order chi connectivity index (χ1) is 16.8. The highest BCUT2D eigenvalue weighted by Crippen LogP contribution is 2.33. The van der Waals surface area contributed by atoms with Crippen molar-refractivity contribution in [1.82, 2.24) is 14.9 Å². The molecule has 0 aliphatic carbocycles. The smallest absolute Gasteiger partial charge is 0.273 e. The minimum atomic E-state index is -0.411. The number of amides is 2. The number of hydrogen-bond acceptors (Lipinski definition) is 5. The summed E-state index contributed by atoms with van der Waals surface area (Å²) in [5.74, 6) is -0.665. The number of halogens is 3. The lowest BCUT2D eigenvalue weighted by atomic mass is 10.2. The molecular formula is C25H19Cl3N4O2S.